The van der Waals surface area contributed by atoms with Crippen LogP contribution in [0.15, 0.2) is 54.6 Å². The third-order valence-corrected chi connectivity index (χ3v) is 4.33. The highest BCUT2D eigenvalue weighted by molar-refractivity contribution is 6.61. The summed E-state index contributed by atoms with van der Waals surface area (Å²) in [5.41, 5.74) is 5.02. The predicted molar refractivity (Wildman–Crippen MR) is 102 cm³/mol. The van der Waals surface area contributed by atoms with E-state index in [2.05, 4.69) is 81.4 Å². The molecule has 124 valence electrons. The molecule has 3 rings (SSSR count). The molecule has 0 aromatic heterocycles. The van der Waals surface area contributed by atoms with Crippen LogP contribution in [0.5, 0.6) is 0 Å². The highest BCUT2D eigenvalue weighted by atomic mass is 16.6. The molecular weight excluding hydrogens is 295 g/mol. The lowest BCUT2D eigenvalue weighted by Gasteiger charge is -2.33. The number of allylic oxidation sites excluding steroid dienone is 1. The van der Waals surface area contributed by atoms with Crippen LogP contribution in [0.4, 0.5) is 0 Å². The van der Waals surface area contributed by atoms with E-state index in [0.717, 1.165) is 25.1 Å². The van der Waals surface area contributed by atoms with E-state index in [1.807, 2.05) is 0 Å². The fraction of sp³-hybridized carbons (Fsp3) is 0.333. The molecular formula is C21H25BO2. The molecule has 24 heavy (non-hydrogen) atoms. The second kappa shape index (κ2) is 7.37. The van der Waals surface area contributed by atoms with Gasteiger partial charge in [-0.2, -0.15) is 0 Å². The Balaban J connectivity index is 1.74. The Morgan fingerprint density at radius 1 is 1.00 bits per heavy atom. The summed E-state index contributed by atoms with van der Waals surface area (Å²) in [6.07, 6.45) is 3.26. The van der Waals surface area contributed by atoms with Crippen molar-refractivity contribution >= 4 is 24.2 Å². The minimum absolute atomic E-state index is 0.102. The molecule has 3 heteroatoms. The second-order valence-corrected chi connectivity index (χ2v) is 7.17. The molecule has 2 aromatic carbocycles. The van der Waals surface area contributed by atoms with Gasteiger partial charge in [-0.05, 0) is 28.6 Å². The van der Waals surface area contributed by atoms with Gasteiger partial charge in [0.15, 0.2) is 0 Å². The highest BCUT2D eigenvalue weighted by Gasteiger charge is 2.33. The lowest BCUT2D eigenvalue weighted by Crippen LogP contribution is -2.47. The fourth-order valence-electron chi connectivity index (χ4n) is 2.88. The first-order valence-corrected chi connectivity index (χ1v) is 8.66. The van der Waals surface area contributed by atoms with Crippen LogP contribution < -0.4 is 5.46 Å². The molecule has 0 N–H and O–H groups in total. The van der Waals surface area contributed by atoms with E-state index < -0.39 is 0 Å². The summed E-state index contributed by atoms with van der Waals surface area (Å²) in [5, 5.41) is 0. The first-order chi connectivity index (χ1) is 11.6. The Morgan fingerprint density at radius 3 is 2.21 bits per heavy atom. The summed E-state index contributed by atoms with van der Waals surface area (Å²) in [4.78, 5) is 0. The van der Waals surface area contributed by atoms with Crippen LogP contribution in [0, 0.1) is 5.41 Å². The standard InChI is InChI=1S/C21H25BO2/c1-4-18(19-8-6-5-7-9-19)14-17-10-12-20(13-11-17)22-23-15-21(2,3)16-24-22/h5-14H,4,15-16H2,1-3H3. The van der Waals surface area contributed by atoms with Crippen LogP contribution in [-0.2, 0) is 9.31 Å². The largest absolute Gasteiger partial charge is 0.493 e. The van der Waals surface area contributed by atoms with Crippen molar-refractivity contribution in [3.63, 3.8) is 0 Å². The minimum Gasteiger partial charge on any atom is -0.407 e. The van der Waals surface area contributed by atoms with Crippen LogP contribution in [0.25, 0.3) is 11.6 Å². The summed E-state index contributed by atoms with van der Waals surface area (Å²) in [7, 11) is -0.240. The van der Waals surface area contributed by atoms with Crippen molar-refractivity contribution in [3.05, 3.63) is 65.7 Å². The van der Waals surface area contributed by atoms with Gasteiger partial charge in [0.2, 0.25) is 0 Å². The summed E-state index contributed by atoms with van der Waals surface area (Å²) in [6, 6.07) is 19.0. The Labute approximate surface area is 145 Å². The zero-order chi connectivity index (χ0) is 17.0. The van der Waals surface area contributed by atoms with E-state index in [1.165, 1.54) is 16.7 Å². The minimum atomic E-state index is -0.240. The van der Waals surface area contributed by atoms with Crippen molar-refractivity contribution in [1.82, 2.24) is 0 Å². The fourth-order valence-corrected chi connectivity index (χ4v) is 2.88. The van der Waals surface area contributed by atoms with Gasteiger partial charge in [0, 0.05) is 18.6 Å². The molecule has 1 saturated heterocycles. The van der Waals surface area contributed by atoms with E-state index >= 15 is 0 Å². The van der Waals surface area contributed by atoms with Crippen molar-refractivity contribution in [2.75, 3.05) is 13.2 Å². The van der Waals surface area contributed by atoms with E-state index in [0.29, 0.717) is 0 Å². The molecule has 1 aliphatic heterocycles. The third-order valence-electron chi connectivity index (χ3n) is 4.33. The average molecular weight is 320 g/mol. The number of rotatable bonds is 4. The van der Waals surface area contributed by atoms with Gasteiger partial charge in [-0.3, -0.25) is 0 Å². The zero-order valence-corrected chi connectivity index (χ0v) is 14.8. The normalized spacial score (nSPS) is 17.8. The Bertz CT molecular complexity index is 680. The summed E-state index contributed by atoms with van der Waals surface area (Å²) >= 11 is 0. The van der Waals surface area contributed by atoms with Crippen molar-refractivity contribution in [3.8, 4) is 0 Å². The summed E-state index contributed by atoms with van der Waals surface area (Å²) in [5.74, 6) is 0. The van der Waals surface area contributed by atoms with Crippen molar-refractivity contribution < 1.29 is 9.31 Å². The molecule has 0 amide bonds. The number of hydrogen-bond donors (Lipinski definition) is 0. The molecule has 0 radical (unpaired) electrons. The number of hydrogen-bond acceptors (Lipinski definition) is 2. The second-order valence-electron chi connectivity index (χ2n) is 7.17. The third kappa shape index (κ3) is 4.17. The summed E-state index contributed by atoms with van der Waals surface area (Å²) in [6.45, 7) is 7.97. The van der Waals surface area contributed by atoms with Gasteiger partial charge in [0.05, 0.1) is 0 Å². The van der Waals surface area contributed by atoms with Crippen molar-refractivity contribution in [2.24, 2.45) is 5.41 Å². The maximum atomic E-state index is 5.85. The van der Waals surface area contributed by atoms with E-state index in [-0.39, 0.29) is 12.5 Å². The van der Waals surface area contributed by atoms with E-state index in [9.17, 15) is 0 Å². The smallest absolute Gasteiger partial charge is 0.407 e. The molecule has 1 heterocycles. The maximum absolute atomic E-state index is 5.85. The van der Waals surface area contributed by atoms with Gasteiger partial charge in [0.1, 0.15) is 0 Å². The predicted octanol–water partition coefficient (Wildman–Crippen LogP) is 4.41. The van der Waals surface area contributed by atoms with Crippen LogP contribution in [0.1, 0.15) is 38.3 Å². The molecule has 2 aromatic rings. The van der Waals surface area contributed by atoms with Crippen LogP contribution in [-0.4, -0.2) is 20.3 Å². The van der Waals surface area contributed by atoms with Gasteiger partial charge in [-0.25, -0.2) is 0 Å². The molecule has 2 nitrogen and oxygen atoms in total. The molecule has 0 spiro atoms. The molecule has 0 unspecified atom stereocenters. The first-order valence-electron chi connectivity index (χ1n) is 8.66. The van der Waals surface area contributed by atoms with Crippen LogP contribution >= 0.6 is 0 Å². The molecule has 0 bridgehead atoms. The van der Waals surface area contributed by atoms with Gasteiger partial charge >= 0.3 is 7.12 Å². The Morgan fingerprint density at radius 2 is 1.62 bits per heavy atom. The lowest BCUT2D eigenvalue weighted by molar-refractivity contribution is 0.0343. The summed E-state index contributed by atoms with van der Waals surface area (Å²) < 4.78 is 11.7. The van der Waals surface area contributed by atoms with Gasteiger partial charge in [-0.15, -0.1) is 0 Å². The molecule has 1 fully saturated rings. The topological polar surface area (TPSA) is 18.5 Å². The quantitative estimate of drug-likeness (QED) is 0.614. The lowest BCUT2D eigenvalue weighted by atomic mass is 9.75. The van der Waals surface area contributed by atoms with Crippen LogP contribution in [0.3, 0.4) is 0 Å². The van der Waals surface area contributed by atoms with Crippen LogP contribution in [0.2, 0.25) is 0 Å². The van der Waals surface area contributed by atoms with Gasteiger partial charge < -0.3 is 9.31 Å². The number of benzene rings is 2. The first kappa shape index (κ1) is 17.0. The van der Waals surface area contributed by atoms with Gasteiger partial charge in [0.25, 0.3) is 0 Å². The van der Waals surface area contributed by atoms with Crippen molar-refractivity contribution in [2.45, 2.75) is 27.2 Å². The molecule has 0 aliphatic carbocycles. The van der Waals surface area contributed by atoms with E-state index in [4.69, 9.17) is 9.31 Å². The monoisotopic (exact) mass is 320 g/mol. The molecule has 0 saturated carbocycles. The SMILES string of the molecule is CCC(=Cc1ccc(B2OCC(C)(C)CO2)cc1)c1ccccc1. The zero-order valence-electron chi connectivity index (χ0n) is 14.8. The highest BCUT2D eigenvalue weighted by Crippen LogP contribution is 2.23. The molecule has 0 atom stereocenters. The average Bonchev–Trinajstić information content (AvgIpc) is 2.61. The Kier molecular flexibility index (Phi) is 5.22. The Hall–Kier alpha value is -1.84. The van der Waals surface area contributed by atoms with Gasteiger partial charge in [-0.1, -0.05) is 81.4 Å². The van der Waals surface area contributed by atoms with E-state index in [1.54, 1.807) is 0 Å². The molecule has 1 aliphatic rings. The van der Waals surface area contributed by atoms with Crippen molar-refractivity contribution in [1.29, 1.82) is 0 Å². The maximum Gasteiger partial charge on any atom is 0.493 e.